The van der Waals surface area contributed by atoms with E-state index in [1.165, 1.54) is 29.5 Å². The number of imidazole rings is 1. The van der Waals surface area contributed by atoms with E-state index in [1.807, 2.05) is 6.33 Å². The molecule has 5 rings (SSSR count). The molecule has 0 radical (unpaired) electrons. The highest BCUT2D eigenvalue weighted by atomic mass is 79.9. The van der Waals surface area contributed by atoms with Gasteiger partial charge in [0.25, 0.3) is 0 Å². The van der Waals surface area contributed by atoms with Gasteiger partial charge < -0.3 is 14.2 Å². The topological polar surface area (TPSA) is 30.3 Å². The molecule has 1 aromatic heterocycles. The van der Waals surface area contributed by atoms with E-state index >= 15 is 0 Å². The maximum Gasteiger partial charge on any atom is 0.0958 e. The molecule has 164 valence electrons. The van der Waals surface area contributed by atoms with E-state index in [0.717, 1.165) is 55.0 Å². The van der Waals surface area contributed by atoms with Gasteiger partial charge in [0.2, 0.25) is 0 Å². The van der Waals surface area contributed by atoms with Gasteiger partial charge in [-0.3, -0.25) is 0 Å². The highest BCUT2D eigenvalue weighted by Gasteiger charge is 2.36. The number of hydrogen-bond acceptors (Lipinski definition) is 3. The maximum atomic E-state index is 6.64. The van der Waals surface area contributed by atoms with E-state index in [9.17, 15) is 0 Å². The molecule has 2 aromatic carbocycles. The molecule has 1 aliphatic heterocycles. The molecular weight excluding hydrogens is 450 g/mol. The molecule has 2 aliphatic rings. The molecule has 0 amide bonds. The van der Waals surface area contributed by atoms with Gasteiger partial charge in [0, 0.05) is 22.0 Å². The monoisotopic (exact) mass is 481 g/mol. The lowest BCUT2D eigenvalue weighted by atomic mass is 9.73. The average molecular weight is 482 g/mol. The lowest BCUT2D eigenvalue weighted by Gasteiger charge is -2.41. The third-order valence-electron chi connectivity index (χ3n) is 7.25. The molecule has 1 unspecified atom stereocenters. The zero-order chi connectivity index (χ0) is 21.4. The van der Waals surface area contributed by atoms with Crippen LogP contribution in [0.5, 0.6) is 0 Å². The number of hydrogen-bond donors (Lipinski definition) is 0. The number of likely N-dealkylation sites (tertiary alicyclic amines) is 1. The summed E-state index contributed by atoms with van der Waals surface area (Å²) in [5, 5.41) is 0. The molecule has 2 fully saturated rings. The van der Waals surface area contributed by atoms with E-state index in [1.54, 1.807) is 0 Å². The van der Waals surface area contributed by atoms with Crippen molar-refractivity contribution in [1.29, 1.82) is 0 Å². The van der Waals surface area contributed by atoms with Crippen molar-refractivity contribution in [3.05, 3.63) is 64.4 Å². The van der Waals surface area contributed by atoms with Crippen molar-refractivity contribution < 1.29 is 4.74 Å². The Bertz CT molecular complexity index is 1040. The van der Waals surface area contributed by atoms with E-state index in [-0.39, 0.29) is 11.5 Å². The predicted molar refractivity (Wildman–Crippen MR) is 129 cm³/mol. The van der Waals surface area contributed by atoms with Crippen LogP contribution in [0.25, 0.3) is 11.0 Å². The number of ether oxygens (including phenoxy) is 1. The van der Waals surface area contributed by atoms with Crippen molar-refractivity contribution in [2.45, 2.75) is 50.7 Å². The van der Waals surface area contributed by atoms with Gasteiger partial charge in [0.05, 0.1) is 30.1 Å². The zero-order valence-electron chi connectivity index (χ0n) is 18.6. The Labute approximate surface area is 193 Å². The number of nitrogens with zero attached hydrogens (tertiary/aromatic N) is 3. The molecule has 0 bridgehead atoms. The second-order valence-corrected chi connectivity index (χ2v) is 10.5. The van der Waals surface area contributed by atoms with Gasteiger partial charge in [-0.2, -0.15) is 0 Å². The van der Waals surface area contributed by atoms with E-state index in [2.05, 4.69) is 81.8 Å². The minimum Gasteiger partial charge on any atom is -0.373 e. The van der Waals surface area contributed by atoms with Crippen LogP contribution in [-0.2, 0) is 16.7 Å². The minimum atomic E-state index is -0.00971. The summed E-state index contributed by atoms with van der Waals surface area (Å²) >= 11 is 3.73. The van der Waals surface area contributed by atoms with Crippen LogP contribution in [0.1, 0.15) is 49.8 Å². The van der Waals surface area contributed by atoms with Crippen LogP contribution in [-0.4, -0.2) is 41.2 Å². The van der Waals surface area contributed by atoms with Crippen LogP contribution in [0.4, 0.5) is 0 Å². The summed E-state index contributed by atoms with van der Waals surface area (Å²) in [4.78, 5) is 7.22. The first-order valence-corrected chi connectivity index (χ1v) is 12.3. The molecular formula is C26H32BrN3O. The first-order chi connectivity index (χ1) is 15.0. The molecule has 1 atom stereocenters. The largest absolute Gasteiger partial charge is 0.373 e. The normalized spacial score (nSPS) is 20.2. The summed E-state index contributed by atoms with van der Waals surface area (Å²) in [5.41, 5.74) is 4.95. The predicted octanol–water partition coefficient (Wildman–Crippen LogP) is 5.95. The fourth-order valence-electron chi connectivity index (χ4n) is 4.92. The fraction of sp³-hybridized carbons (Fsp3) is 0.500. The Hall–Kier alpha value is -1.69. The first kappa shape index (κ1) is 21.2. The summed E-state index contributed by atoms with van der Waals surface area (Å²) < 4.78 is 10.1. The van der Waals surface area contributed by atoms with Gasteiger partial charge in [0.1, 0.15) is 0 Å². The molecule has 2 heterocycles. The standard InChI is InChI=1S/C26H32BrN3O/c1-19(23-14-22(27)15-24-25(23)28-18-30(24)16-20-8-9-20)31-17-26(10-12-29(2)13-11-26)21-6-4-3-5-7-21/h3-7,14-15,18-20H,8-13,16-17H2,1-2H3. The minimum absolute atomic E-state index is 0.00971. The van der Waals surface area contributed by atoms with Crippen molar-refractivity contribution >= 4 is 27.0 Å². The molecule has 5 heteroatoms. The zero-order valence-corrected chi connectivity index (χ0v) is 20.1. The highest BCUT2D eigenvalue weighted by Crippen LogP contribution is 2.38. The molecule has 1 saturated carbocycles. The number of halogens is 1. The van der Waals surface area contributed by atoms with Gasteiger partial charge in [-0.1, -0.05) is 46.3 Å². The van der Waals surface area contributed by atoms with Gasteiger partial charge in [0.15, 0.2) is 0 Å². The van der Waals surface area contributed by atoms with Crippen molar-refractivity contribution in [2.24, 2.45) is 5.92 Å². The lowest BCUT2D eigenvalue weighted by molar-refractivity contribution is 0.00697. The molecule has 31 heavy (non-hydrogen) atoms. The summed E-state index contributed by atoms with van der Waals surface area (Å²) in [7, 11) is 2.22. The Morgan fingerprint density at radius 2 is 1.90 bits per heavy atom. The van der Waals surface area contributed by atoms with Gasteiger partial charge in [-0.15, -0.1) is 0 Å². The second-order valence-electron chi connectivity index (χ2n) is 9.61. The molecule has 1 saturated heterocycles. The van der Waals surface area contributed by atoms with Crippen molar-refractivity contribution in [3.8, 4) is 0 Å². The van der Waals surface area contributed by atoms with Crippen LogP contribution in [0.2, 0.25) is 0 Å². The van der Waals surface area contributed by atoms with Crippen molar-refractivity contribution in [1.82, 2.24) is 14.5 Å². The number of rotatable bonds is 7. The number of piperidine rings is 1. The molecule has 0 N–H and O–H groups in total. The first-order valence-electron chi connectivity index (χ1n) is 11.5. The Morgan fingerprint density at radius 1 is 1.16 bits per heavy atom. The Balaban J connectivity index is 1.39. The van der Waals surface area contributed by atoms with Crippen LogP contribution < -0.4 is 0 Å². The van der Waals surface area contributed by atoms with E-state index in [0.29, 0.717) is 0 Å². The Morgan fingerprint density at radius 3 is 2.61 bits per heavy atom. The van der Waals surface area contributed by atoms with Crippen molar-refractivity contribution in [3.63, 3.8) is 0 Å². The third kappa shape index (κ3) is 4.46. The second kappa shape index (κ2) is 8.68. The lowest BCUT2D eigenvalue weighted by Crippen LogP contribution is -2.44. The number of aromatic nitrogens is 2. The van der Waals surface area contributed by atoms with Crippen LogP contribution >= 0.6 is 15.9 Å². The third-order valence-corrected chi connectivity index (χ3v) is 7.71. The molecule has 1 aliphatic carbocycles. The van der Waals surface area contributed by atoms with Crippen LogP contribution in [0.15, 0.2) is 53.3 Å². The number of fused-ring (bicyclic) bond motifs is 1. The van der Waals surface area contributed by atoms with E-state index in [4.69, 9.17) is 9.72 Å². The molecule has 0 spiro atoms. The fourth-order valence-corrected chi connectivity index (χ4v) is 5.38. The van der Waals surface area contributed by atoms with Crippen molar-refractivity contribution in [2.75, 3.05) is 26.7 Å². The van der Waals surface area contributed by atoms with Gasteiger partial charge >= 0.3 is 0 Å². The average Bonchev–Trinajstić information content (AvgIpc) is 3.52. The summed E-state index contributed by atoms with van der Waals surface area (Å²) in [5.74, 6) is 0.823. The SMILES string of the molecule is CC(OCC1(c2ccccc2)CCN(C)CC1)c1cc(Br)cc2c1ncn2CC1CC1. The summed E-state index contributed by atoms with van der Waals surface area (Å²) in [6, 6.07) is 15.3. The van der Waals surface area contributed by atoms with Crippen LogP contribution in [0.3, 0.4) is 0 Å². The molecule has 3 aromatic rings. The number of benzene rings is 2. The van der Waals surface area contributed by atoms with Crippen LogP contribution in [0, 0.1) is 5.92 Å². The summed E-state index contributed by atoms with van der Waals surface area (Å²) in [6.45, 7) is 6.21. The maximum absolute atomic E-state index is 6.64. The van der Waals surface area contributed by atoms with Gasteiger partial charge in [-0.05, 0) is 76.4 Å². The molecule has 4 nitrogen and oxygen atoms in total. The van der Waals surface area contributed by atoms with E-state index < -0.39 is 0 Å². The highest BCUT2D eigenvalue weighted by molar-refractivity contribution is 9.10. The Kier molecular flexibility index (Phi) is 5.93. The quantitative estimate of drug-likeness (QED) is 0.417. The smallest absolute Gasteiger partial charge is 0.0958 e. The summed E-state index contributed by atoms with van der Waals surface area (Å²) in [6.07, 6.45) is 6.94. The van der Waals surface area contributed by atoms with Gasteiger partial charge in [-0.25, -0.2) is 4.98 Å².